The second kappa shape index (κ2) is 8.27. The Kier molecular flexibility index (Phi) is 5.84. The van der Waals surface area contributed by atoms with Gasteiger partial charge in [0.1, 0.15) is 0 Å². The van der Waals surface area contributed by atoms with Crippen molar-refractivity contribution in [2.24, 2.45) is 0 Å². The number of benzene rings is 2. The molecule has 0 N–H and O–H groups in total. The molecule has 2 heteroatoms. The van der Waals surface area contributed by atoms with Crippen LogP contribution in [0.4, 0.5) is 0 Å². The molecular formula is C22H28N2. The van der Waals surface area contributed by atoms with Crippen molar-refractivity contribution in [3.8, 4) is 0 Å². The summed E-state index contributed by atoms with van der Waals surface area (Å²) in [5.74, 6) is 0. The molecule has 24 heavy (non-hydrogen) atoms. The summed E-state index contributed by atoms with van der Waals surface area (Å²) in [6.07, 6.45) is 5.62. The highest BCUT2D eigenvalue weighted by atomic mass is 15.2. The Hall–Kier alpha value is -1.90. The molecule has 0 bridgehead atoms. The zero-order chi connectivity index (χ0) is 16.8. The molecule has 0 unspecified atom stereocenters. The molecule has 0 radical (unpaired) electrons. The number of nitrogens with zero attached hydrogens (tertiary/aromatic N) is 2. The molecule has 126 valence electrons. The average molecular weight is 320 g/mol. The fourth-order valence-electron chi connectivity index (χ4n) is 3.23. The highest BCUT2D eigenvalue weighted by Crippen LogP contribution is 2.18. The SMILES string of the molecule is Cc1ccc(C=CCN2CCN(C)CC2)c(Cc2ccccc2)c1. The highest BCUT2D eigenvalue weighted by molar-refractivity contribution is 5.56. The van der Waals surface area contributed by atoms with Gasteiger partial charge in [-0.05, 0) is 37.1 Å². The molecule has 0 amide bonds. The second-order valence-corrected chi connectivity index (χ2v) is 6.87. The van der Waals surface area contributed by atoms with Crippen LogP contribution in [-0.4, -0.2) is 49.6 Å². The molecule has 1 heterocycles. The second-order valence-electron chi connectivity index (χ2n) is 6.87. The molecule has 0 aliphatic carbocycles. The first-order valence-electron chi connectivity index (χ1n) is 8.91. The quantitative estimate of drug-likeness (QED) is 0.826. The average Bonchev–Trinajstić information content (AvgIpc) is 2.59. The third-order valence-electron chi connectivity index (χ3n) is 4.79. The Balaban J connectivity index is 1.67. The van der Waals surface area contributed by atoms with Crippen molar-refractivity contribution in [1.82, 2.24) is 9.80 Å². The Morgan fingerprint density at radius 1 is 0.958 bits per heavy atom. The Morgan fingerprint density at radius 3 is 2.46 bits per heavy atom. The van der Waals surface area contributed by atoms with Gasteiger partial charge in [0.25, 0.3) is 0 Å². The summed E-state index contributed by atoms with van der Waals surface area (Å²) in [6, 6.07) is 17.5. The molecule has 1 fully saturated rings. The van der Waals surface area contributed by atoms with Gasteiger partial charge in [-0.2, -0.15) is 0 Å². The van der Waals surface area contributed by atoms with Crippen molar-refractivity contribution in [1.29, 1.82) is 0 Å². The van der Waals surface area contributed by atoms with Gasteiger partial charge >= 0.3 is 0 Å². The standard InChI is InChI=1S/C22H28N2/c1-19-10-11-21(9-6-12-24-15-13-23(2)14-16-24)22(17-19)18-20-7-4-3-5-8-20/h3-11,17H,12-16,18H2,1-2H3. The summed E-state index contributed by atoms with van der Waals surface area (Å²) >= 11 is 0. The fraction of sp³-hybridized carbons (Fsp3) is 0.364. The van der Waals surface area contributed by atoms with Crippen LogP contribution in [0.2, 0.25) is 0 Å². The monoisotopic (exact) mass is 320 g/mol. The van der Waals surface area contributed by atoms with E-state index in [2.05, 4.69) is 84.5 Å². The molecule has 3 rings (SSSR count). The van der Waals surface area contributed by atoms with Crippen LogP contribution in [0.15, 0.2) is 54.6 Å². The minimum Gasteiger partial charge on any atom is -0.304 e. The third kappa shape index (κ3) is 4.80. The number of hydrogen-bond donors (Lipinski definition) is 0. The topological polar surface area (TPSA) is 6.48 Å². The van der Waals surface area contributed by atoms with E-state index < -0.39 is 0 Å². The minimum atomic E-state index is 0.997. The molecule has 0 spiro atoms. The van der Waals surface area contributed by atoms with E-state index in [1.165, 1.54) is 48.4 Å². The van der Waals surface area contributed by atoms with Gasteiger partial charge in [0.15, 0.2) is 0 Å². The van der Waals surface area contributed by atoms with Crippen molar-refractivity contribution in [2.45, 2.75) is 13.3 Å². The predicted octanol–water partition coefficient (Wildman–Crippen LogP) is 3.85. The summed E-state index contributed by atoms with van der Waals surface area (Å²) < 4.78 is 0. The van der Waals surface area contributed by atoms with Crippen LogP contribution in [0.5, 0.6) is 0 Å². The maximum Gasteiger partial charge on any atom is 0.0167 e. The zero-order valence-corrected chi connectivity index (χ0v) is 14.9. The summed E-state index contributed by atoms with van der Waals surface area (Å²) in [5.41, 5.74) is 5.46. The first-order chi connectivity index (χ1) is 11.7. The van der Waals surface area contributed by atoms with E-state index in [4.69, 9.17) is 0 Å². The molecule has 1 aliphatic heterocycles. The van der Waals surface area contributed by atoms with Crippen LogP contribution in [0.1, 0.15) is 22.3 Å². The van der Waals surface area contributed by atoms with Crippen molar-refractivity contribution in [2.75, 3.05) is 39.8 Å². The molecule has 0 aromatic heterocycles. The van der Waals surface area contributed by atoms with E-state index in [0.29, 0.717) is 0 Å². The molecule has 0 atom stereocenters. The maximum absolute atomic E-state index is 2.53. The van der Waals surface area contributed by atoms with E-state index in [9.17, 15) is 0 Å². The van der Waals surface area contributed by atoms with Crippen molar-refractivity contribution >= 4 is 6.08 Å². The molecule has 2 aromatic rings. The van der Waals surface area contributed by atoms with Crippen molar-refractivity contribution in [3.05, 3.63) is 76.9 Å². The van der Waals surface area contributed by atoms with Crippen LogP contribution in [0, 0.1) is 6.92 Å². The molecular weight excluding hydrogens is 292 g/mol. The predicted molar refractivity (Wildman–Crippen MR) is 103 cm³/mol. The van der Waals surface area contributed by atoms with Crippen LogP contribution < -0.4 is 0 Å². The summed E-state index contributed by atoms with van der Waals surface area (Å²) in [4.78, 5) is 4.93. The minimum absolute atomic E-state index is 0.997. The maximum atomic E-state index is 2.53. The van der Waals surface area contributed by atoms with E-state index in [1.54, 1.807) is 0 Å². The first-order valence-corrected chi connectivity index (χ1v) is 8.91. The van der Waals surface area contributed by atoms with E-state index >= 15 is 0 Å². The van der Waals surface area contributed by atoms with Gasteiger partial charge in [-0.3, -0.25) is 4.90 Å². The Morgan fingerprint density at radius 2 is 1.71 bits per heavy atom. The van der Waals surface area contributed by atoms with E-state index in [-0.39, 0.29) is 0 Å². The number of likely N-dealkylation sites (N-methyl/N-ethyl adjacent to an activating group) is 1. The molecule has 2 aromatic carbocycles. The number of rotatable bonds is 5. The van der Waals surface area contributed by atoms with Crippen LogP contribution in [0.25, 0.3) is 6.08 Å². The smallest absolute Gasteiger partial charge is 0.0167 e. The Labute approximate surface area is 146 Å². The summed E-state index contributed by atoms with van der Waals surface area (Å²) in [5, 5.41) is 0. The first kappa shape index (κ1) is 16.9. The van der Waals surface area contributed by atoms with Gasteiger partial charge in [-0.1, -0.05) is 66.2 Å². The van der Waals surface area contributed by atoms with Gasteiger partial charge < -0.3 is 4.90 Å². The summed E-state index contributed by atoms with van der Waals surface area (Å²) in [7, 11) is 2.20. The van der Waals surface area contributed by atoms with Crippen molar-refractivity contribution < 1.29 is 0 Å². The van der Waals surface area contributed by atoms with Gasteiger partial charge in [0, 0.05) is 32.7 Å². The van der Waals surface area contributed by atoms with Gasteiger partial charge in [0.05, 0.1) is 0 Å². The lowest BCUT2D eigenvalue weighted by atomic mass is 9.97. The number of aryl methyl sites for hydroxylation is 1. The molecule has 1 saturated heterocycles. The lowest BCUT2D eigenvalue weighted by molar-refractivity contribution is 0.167. The van der Waals surface area contributed by atoms with Gasteiger partial charge in [0.2, 0.25) is 0 Å². The number of hydrogen-bond acceptors (Lipinski definition) is 2. The number of piperazine rings is 1. The zero-order valence-electron chi connectivity index (χ0n) is 14.9. The van der Waals surface area contributed by atoms with Crippen molar-refractivity contribution in [3.63, 3.8) is 0 Å². The van der Waals surface area contributed by atoms with E-state index in [0.717, 1.165) is 13.0 Å². The molecule has 0 saturated carbocycles. The van der Waals surface area contributed by atoms with Crippen LogP contribution in [-0.2, 0) is 6.42 Å². The lowest BCUT2D eigenvalue weighted by Gasteiger charge is -2.31. The van der Waals surface area contributed by atoms with Crippen LogP contribution in [0.3, 0.4) is 0 Å². The third-order valence-corrected chi connectivity index (χ3v) is 4.79. The fourth-order valence-corrected chi connectivity index (χ4v) is 3.23. The van der Waals surface area contributed by atoms with Gasteiger partial charge in [-0.25, -0.2) is 0 Å². The highest BCUT2D eigenvalue weighted by Gasteiger charge is 2.11. The molecule has 1 aliphatic rings. The Bertz CT molecular complexity index is 668. The normalized spacial score (nSPS) is 16.8. The summed E-state index contributed by atoms with van der Waals surface area (Å²) in [6.45, 7) is 7.92. The van der Waals surface area contributed by atoms with Crippen LogP contribution >= 0.6 is 0 Å². The van der Waals surface area contributed by atoms with E-state index in [1.807, 2.05) is 0 Å². The van der Waals surface area contributed by atoms with Gasteiger partial charge in [-0.15, -0.1) is 0 Å². The largest absolute Gasteiger partial charge is 0.304 e. The lowest BCUT2D eigenvalue weighted by Crippen LogP contribution is -2.44. The molecule has 2 nitrogen and oxygen atoms in total.